The number of hydrogen-bond donors (Lipinski definition) is 1. The molecular weight excluding hydrogens is 364 g/mol. The Morgan fingerprint density at radius 1 is 1.19 bits per heavy atom. The fourth-order valence-corrected chi connectivity index (χ4v) is 3.30. The molecular formula is C17H14ClF2N5O. The highest BCUT2D eigenvalue weighted by Crippen LogP contribution is 2.46. The number of nitrogens with one attached hydrogen (secondary N) is 1. The summed E-state index contributed by atoms with van der Waals surface area (Å²) >= 11 is 6.28. The van der Waals surface area contributed by atoms with E-state index in [0.29, 0.717) is 22.1 Å². The van der Waals surface area contributed by atoms with Crippen LogP contribution >= 0.6 is 11.6 Å². The summed E-state index contributed by atoms with van der Waals surface area (Å²) in [5.74, 6) is 0.0833. The molecule has 1 aliphatic carbocycles. The van der Waals surface area contributed by atoms with E-state index in [1.165, 1.54) is 24.5 Å². The summed E-state index contributed by atoms with van der Waals surface area (Å²) in [5, 5.41) is 11.1. The summed E-state index contributed by atoms with van der Waals surface area (Å²) in [5.41, 5.74) is 0.684. The molecule has 1 aromatic carbocycles. The minimum atomic E-state index is -0.829. The van der Waals surface area contributed by atoms with Gasteiger partial charge in [0.1, 0.15) is 5.82 Å². The molecule has 0 spiro atoms. The number of anilines is 1. The molecule has 4 rings (SSSR count). The van der Waals surface area contributed by atoms with Crippen molar-refractivity contribution in [3.05, 3.63) is 52.9 Å². The summed E-state index contributed by atoms with van der Waals surface area (Å²) in [7, 11) is 0. The van der Waals surface area contributed by atoms with E-state index in [9.17, 15) is 8.78 Å². The molecule has 1 aliphatic rings. The molecule has 9 heteroatoms. The minimum Gasteiger partial charge on any atom is -0.418 e. The first-order valence-electron chi connectivity index (χ1n) is 8.04. The first kappa shape index (κ1) is 16.8. The van der Waals surface area contributed by atoms with Crippen LogP contribution in [0.15, 0.2) is 35.0 Å². The Morgan fingerprint density at radius 2 is 1.96 bits per heavy atom. The molecule has 3 aromatic rings. The molecule has 0 unspecified atom stereocenters. The van der Waals surface area contributed by atoms with Gasteiger partial charge in [0.25, 0.3) is 5.89 Å². The van der Waals surface area contributed by atoms with Crippen LogP contribution in [0.1, 0.15) is 30.7 Å². The molecule has 6 nitrogen and oxygen atoms in total. The second kappa shape index (κ2) is 6.60. The predicted octanol–water partition coefficient (Wildman–Crippen LogP) is 4.28. The first-order valence-corrected chi connectivity index (χ1v) is 8.42. The third kappa shape index (κ3) is 3.01. The molecule has 0 saturated heterocycles. The molecule has 2 aromatic heterocycles. The lowest BCUT2D eigenvalue weighted by molar-refractivity contribution is 0.281. The van der Waals surface area contributed by atoms with Crippen molar-refractivity contribution in [3.63, 3.8) is 0 Å². The van der Waals surface area contributed by atoms with Gasteiger partial charge in [0.05, 0.1) is 11.1 Å². The maximum atomic E-state index is 13.7. The number of halogens is 3. The van der Waals surface area contributed by atoms with Crippen LogP contribution in [0.5, 0.6) is 0 Å². The van der Waals surface area contributed by atoms with Crippen LogP contribution in [0.3, 0.4) is 0 Å². The van der Waals surface area contributed by atoms with E-state index in [2.05, 4.69) is 25.5 Å². The molecule has 1 N–H and O–H groups in total. The summed E-state index contributed by atoms with van der Waals surface area (Å²) in [6.07, 6.45) is 5.59. The average Bonchev–Trinajstić information content (AvgIpc) is 3.10. The molecule has 1 saturated carbocycles. The van der Waals surface area contributed by atoms with Crippen molar-refractivity contribution in [1.29, 1.82) is 0 Å². The van der Waals surface area contributed by atoms with Crippen LogP contribution in [0.4, 0.5) is 14.7 Å². The van der Waals surface area contributed by atoms with Crippen molar-refractivity contribution in [3.8, 4) is 11.5 Å². The maximum Gasteiger partial charge on any atom is 0.251 e. The van der Waals surface area contributed by atoms with Crippen molar-refractivity contribution in [1.82, 2.24) is 20.2 Å². The Balaban J connectivity index is 1.58. The van der Waals surface area contributed by atoms with Gasteiger partial charge in [0.2, 0.25) is 11.8 Å². The van der Waals surface area contributed by atoms with Crippen molar-refractivity contribution < 1.29 is 13.2 Å². The fourth-order valence-electron chi connectivity index (χ4n) is 3.00. The van der Waals surface area contributed by atoms with Gasteiger partial charge in [0.15, 0.2) is 6.67 Å². The first-order chi connectivity index (χ1) is 12.6. The van der Waals surface area contributed by atoms with Gasteiger partial charge < -0.3 is 9.73 Å². The van der Waals surface area contributed by atoms with Gasteiger partial charge >= 0.3 is 0 Å². The lowest BCUT2D eigenvalue weighted by Crippen LogP contribution is -2.43. The molecule has 26 heavy (non-hydrogen) atoms. The van der Waals surface area contributed by atoms with Crippen molar-refractivity contribution in [2.75, 3.05) is 5.32 Å². The highest BCUT2D eigenvalue weighted by molar-refractivity contribution is 6.31. The zero-order chi connectivity index (χ0) is 18.1. The van der Waals surface area contributed by atoms with E-state index < -0.39 is 12.2 Å². The molecule has 1 fully saturated rings. The average molecular weight is 378 g/mol. The number of aromatic nitrogens is 4. The lowest BCUT2D eigenvalue weighted by Gasteiger charge is -2.43. The normalized spacial score (nSPS) is 15.5. The molecule has 2 heterocycles. The Hall–Kier alpha value is -2.61. The van der Waals surface area contributed by atoms with Crippen LogP contribution in [0, 0.1) is 5.82 Å². The third-order valence-electron chi connectivity index (χ3n) is 4.48. The Kier molecular flexibility index (Phi) is 4.28. The van der Waals surface area contributed by atoms with Crippen LogP contribution in [0.25, 0.3) is 11.5 Å². The largest absolute Gasteiger partial charge is 0.418 e. The maximum absolute atomic E-state index is 13.7. The SMILES string of the molecule is FCc1nnc(-c2cnc(NC3(c4cc(F)ccc4Cl)CCC3)nc2)o1. The third-order valence-corrected chi connectivity index (χ3v) is 4.81. The molecule has 0 radical (unpaired) electrons. The van der Waals surface area contributed by atoms with E-state index in [1.54, 1.807) is 6.07 Å². The summed E-state index contributed by atoms with van der Waals surface area (Å²) in [6, 6.07) is 4.33. The summed E-state index contributed by atoms with van der Waals surface area (Å²) < 4.78 is 31.3. The quantitative estimate of drug-likeness (QED) is 0.715. The molecule has 134 valence electrons. The number of nitrogens with zero attached hydrogens (tertiary/aromatic N) is 4. The molecule has 0 atom stereocenters. The van der Waals surface area contributed by atoms with Crippen molar-refractivity contribution in [2.45, 2.75) is 31.5 Å². The smallest absolute Gasteiger partial charge is 0.251 e. The highest BCUT2D eigenvalue weighted by atomic mass is 35.5. The second-order valence-electron chi connectivity index (χ2n) is 6.11. The van der Waals surface area contributed by atoms with Gasteiger partial charge in [-0.15, -0.1) is 10.2 Å². The topological polar surface area (TPSA) is 76.7 Å². The van der Waals surface area contributed by atoms with Gasteiger partial charge in [-0.05, 0) is 43.0 Å². The van der Waals surface area contributed by atoms with E-state index in [1.807, 2.05) is 0 Å². The summed E-state index contributed by atoms with van der Waals surface area (Å²) in [4.78, 5) is 8.51. The highest BCUT2D eigenvalue weighted by Gasteiger charge is 2.41. The van der Waals surface area contributed by atoms with Crippen LogP contribution in [-0.4, -0.2) is 20.2 Å². The van der Waals surface area contributed by atoms with E-state index in [4.69, 9.17) is 16.0 Å². The second-order valence-corrected chi connectivity index (χ2v) is 6.52. The summed E-state index contributed by atoms with van der Waals surface area (Å²) in [6.45, 7) is -0.829. The fraction of sp³-hybridized carbons (Fsp3) is 0.294. The van der Waals surface area contributed by atoms with Crippen LogP contribution in [-0.2, 0) is 12.2 Å². The van der Waals surface area contributed by atoms with Crippen molar-refractivity contribution in [2.24, 2.45) is 0 Å². The molecule has 0 aliphatic heterocycles. The monoisotopic (exact) mass is 377 g/mol. The van der Waals surface area contributed by atoms with Crippen LogP contribution < -0.4 is 5.32 Å². The van der Waals surface area contributed by atoms with Gasteiger partial charge in [-0.3, -0.25) is 0 Å². The molecule has 0 bridgehead atoms. The number of benzene rings is 1. The number of rotatable bonds is 5. The number of hydrogen-bond acceptors (Lipinski definition) is 6. The van der Waals surface area contributed by atoms with Gasteiger partial charge in [0, 0.05) is 17.4 Å². The Bertz CT molecular complexity index is 927. The van der Waals surface area contributed by atoms with E-state index in [-0.39, 0.29) is 17.6 Å². The van der Waals surface area contributed by atoms with E-state index >= 15 is 0 Å². The number of alkyl halides is 1. The minimum absolute atomic E-state index is 0.101. The zero-order valence-electron chi connectivity index (χ0n) is 13.5. The lowest BCUT2D eigenvalue weighted by atomic mass is 9.72. The van der Waals surface area contributed by atoms with E-state index in [0.717, 1.165) is 19.3 Å². The van der Waals surface area contributed by atoms with Gasteiger partial charge in [-0.1, -0.05) is 11.6 Å². The Morgan fingerprint density at radius 3 is 2.58 bits per heavy atom. The van der Waals surface area contributed by atoms with Crippen LogP contribution in [0.2, 0.25) is 5.02 Å². The van der Waals surface area contributed by atoms with Gasteiger partial charge in [-0.25, -0.2) is 18.7 Å². The van der Waals surface area contributed by atoms with Crippen molar-refractivity contribution >= 4 is 17.5 Å². The van der Waals surface area contributed by atoms with Gasteiger partial charge in [-0.2, -0.15) is 0 Å². The standard InChI is InChI=1S/C17H14ClF2N5O/c18-13-3-2-11(20)6-12(13)17(4-1-5-17)23-16-21-8-10(9-22-16)15-25-24-14(7-19)26-15/h2-3,6,8-9H,1,4-5,7H2,(H,21,22,23). The predicted molar refractivity (Wildman–Crippen MR) is 90.7 cm³/mol. The molecule has 0 amide bonds. The Labute approximate surface area is 152 Å². The zero-order valence-corrected chi connectivity index (χ0v) is 14.3.